The van der Waals surface area contributed by atoms with Crippen molar-refractivity contribution in [3.63, 3.8) is 0 Å². The summed E-state index contributed by atoms with van der Waals surface area (Å²) >= 11 is 16.7. The van der Waals surface area contributed by atoms with Gasteiger partial charge in [-0.3, -0.25) is 24.2 Å². The van der Waals surface area contributed by atoms with Crippen LogP contribution in [0.3, 0.4) is 0 Å². The number of carbonyl (C=O) groups is 4. The predicted octanol–water partition coefficient (Wildman–Crippen LogP) is 1.21. The minimum absolute atomic E-state index is 0.105. The lowest BCUT2D eigenvalue weighted by atomic mass is 10.0. The van der Waals surface area contributed by atoms with E-state index in [4.69, 9.17) is 39.5 Å². The second-order valence-electron chi connectivity index (χ2n) is 7.63. The zero-order chi connectivity index (χ0) is 26.1. The molecule has 1 saturated heterocycles. The van der Waals surface area contributed by atoms with E-state index in [1.807, 2.05) is 0 Å². The first kappa shape index (κ1) is 30.5. The SMILES string of the molecule is CC(=O)ONC(C(=O)NC(COC(F)F)C(=O)N1CCCC(C(=O)OCC(Cl)(Cl)Cl)N1)C(C)C. The summed E-state index contributed by atoms with van der Waals surface area (Å²) < 4.78 is 32.6. The van der Waals surface area contributed by atoms with Gasteiger partial charge in [-0.1, -0.05) is 48.7 Å². The Balaban J connectivity index is 2.90. The van der Waals surface area contributed by atoms with Gasteiger partial charge in [0.2, 0.25) is 9.70 Å². The van der Waals surface area contributed by atoms with Crippen LogP contribution < -0.4 is 16.2 Å². The fraction of sp³-hybridized carbons (Fsp3) is 0.778. The number of amides is 2. The van der Waals surface area contributed by atoms with E-state index in [-0.39, 0.29) is 13.0 Å². The molecule has 16 heteroatoms. The van der Waals surface area contributed by atoms with Crippen LogP contribution in [0.1, 0.15) is 33.6 Å². The maximum Gasteiger partial charge on any atom is 0.345 e. The Morgan fingerprint density at radius 2 is 1.85 bits per heavy atom. The molecule has 0 aliphatic carbocycles. The van der Waals surface area contributed by atoms with Crippen LogP contribution in [0.15, 0.2) is 0 Å². The number of nitrogens with one attached hydrogen (secondary N) is 3. The predicted molar refractivity (Wildman–Crippen MR) is 117 cm³/mol. The standard InChI is InChI=1S/C18H27Cl3F2N4O7/c1-9(2)13(26-34-10(3)28)14(29)24-12(7-32-17(22)23)15(30)27-6-4-5-11(25-27)16(31)33-8-18(19,20)21/h9,11-13,17,25-26H,4-8H2,1-3H3,(H,24,29). The summed E-state index contributed by atoms with van der Waals surface area (Å²) in [4.78, 5) is 53.6. The topological polar surface area (TPSA) is 135 Å². The molecule has 3 unspecified atom stereocenters. The second kappa shape index (κ2) is 14.1. The Bertz CT molecular complexity index is 728. The number of ether oxygens (including phenoxy) is 2. The molecule has 1 aliphatic rings. The Morgan fingerprint density at radius 3 is 2.38 bits per heavy atom. The van der Waals surface area contributed by atoms with Gasteiger partial charge in [-0.25, -0.2) is 5.43 Å². The van der Waals surface area contributed by atoms with Crippen molar-refractivity contribution < 1.29 is 42.3 Å². The number of esters is 1. The molecule has 11 nitrogen and oxygen atoms in total. The summed E-state index contributed by atoms with van der Waals surface area (Å²) in [5, 5.41) is 3.31. The molecule has 0 radical (unpaired) electrons. The van der Waals surface area contributed by atoms with Crippen molar-refractivity contribution in [2.75, 3.05) is 19.8 Å². The molecular formula is C18H27Cl3F2N4O7. The van der Waals surface area contributed by atoms with Gasteiger partial charge in [-0.2, -0.15) is 8.78 Å². The number of halogens is 5. The lowest BCUT2D eigenvalue weighted by Gasteiger charge is -2.35. The maximum atomic E-state index is 13.0. The van der Waals surface area contributed by atoms with E-state index in [2.05, 4.69) is 25.8 Å². The van der Waals surface area contributed by atoms with E-state index in [9.17, 15) is 28.0 Å². The fourth-order valence-corrected chi connectivity index (χ4v) is 2.96. The number of nitrogens with zero attached hydrogens (tertiary/aromatic N) is 1. The van der Waals surface area contributed by atoms with Gasteiger partial charge in [0.25, 0.3) is 5.91 Å². The molecule has 1 aliphatic heterocycles. The number of hydroxylamine groups is 1. The first-order valence-corrected chi connectivity index (χ1v) is 11.3. The monoisotopic (exact) mass is 554 g/mol. The molecule has 196 valence electrons. The van der Waals surface area contributed by atoms with Gasteiger partial charge < -0.3 is 19.6 Å². The zero-order valence-electron chi connectivity index (χ0n) is 18.6. The highest BCUT2D eigenvalue weighted by atomic mass is 35.6. The number of hydrazine groups is 1. The normalized spacial score (nSPS) is 18.4. The van der Waals surface area contributed by atoms with Gasteiger partial charge in [0.15, 0.2) is 0 Å². The van der Waals surface area contributed by atoms with Crippen molar-refractivity contribution in [2.45, 2.75) is 62.1 Å². The van der Waals surface area contributed by atoms with Gasteiger partial charge in [0.05, 0.1) is 6.61 Å². The molecule has 1 fully saturated rings. The van der Waals surface area contributed by atoms with Gasteiger partial charge in [0, 0.05) is 13.5 Å². The molecule has 0 aromatic carbocycles. The van der Waals surface area contributed by atoms with E-state index in [1.54, 1.807) is 13.8 Å². The third kappa shape index (κ3) is 11.3. The zero-order valence-corrected chi connectivity index (χ0v) is 20.9. The van der Waals surface area contributed by atoms with Crippen molar-refractivity contribution >= 4 is 58.6 Å². The minimum atomic E-state index is -3.20. The molecule has 2 amide bonds. The summed E-state index contributed by atoms with van der Waals surface area (Å²) in [5.41, 5.74) is 4.89. The Labute approximate surface area is 209 Å². The molecule has 1 rings (SSSR count). The van der Waals surface area contributed by atoms with Crippen molar-refractivity contribution in [3.8, 4) is 0 Å². The van der Waals surface area contributed by atoms with E-state index >= 15 is 0 Å². The molecule has 3 atom stereocenters. The van der Waals surface area contributed by atoms with E-state index < -0.39 is 71.4 Å². The summed E-state index contributed by atoms with van der Waals surface area (Å²) in [6, 6.07) is -3.62. The van der Waals surface area contributed by atoms with Crippen LogP contribution in [-0.2, 0) is 33.5 Å². The Kier molecular flexibility index (Phi) is 12.7. The van der Waals surface area contributed by atoms with Crippen LogP contribution >= 0.6 is 34.8 Å². The van der Waals surface area contributed by atoms with Crippen LogP contribution in [0, 0.1) is 5.92 Å². The van der Waals surface area contributed by atoms with E-state index in [1.165, 1.54) is 0 Å². The van der Waals surface area contributed by atoms with Crippen LogP contribution in [-0.4, -0.2) is 77.0 Å². The smallest absolute Gasteiger partial charge is 0.345 e. The summed E-state index contributed by atoms with van der Waals surface area (Å²) in [6.07, 6.45) is 0.639. The van der Waals surface area contributed by atoms with Crippen molar-refractivity contribution in [1.29, 1.82) is 0 Å². The summed E-state index contributed by atoms with van der Waals surface area (Å²) in [6.45, 7) is -0.0997. The molecule has 0 aromatic heterocycles. The van der Waals surface area contributed by atoms with Crippen LogP contribution in [0.2, 0.25) is 0 Å². The molecule has 0 aromatic rings. The second-order valence-corrected chi connectivity index (χ2v) is 10.1. The van der Waals surface area contributed by atoms with Gasteiger partial charge in [-0.05, 0) is 18.8 Å². The van der Waals surface area contributed by atoms with Gasteiger partial charge in [0.1, 0.15) is 24.7 Å². The Morgan fingerprint density at radius 1 is 1.21 bits per heavy atom. The highest BCUT2D eigenvalue weighted by Crippen LogP contribution is 2.26. The number of alkyl halides is 5. The van der Waals surface area contributed by atoms with E-state index in [0.29, 0.717) is 6.42 Å². The lowest BCUT2D eigenvalue weighted by Crippen LogP contribution is -2.62. The van der Waals surface area contributed by atoms with E-state index in [0.717, 1.165) is 11.9 Å². The summed E-state index contributed by atoms with van der Waals surface area (Å²) in [7, 11) is 0. The quantitative estimate of drug-likeness (QED) is 0.195. The van der Waals surface area contributed by atoms with Crippen molar-refractivity contribution in [1.82, 2.24) is 21.2 Å². The van der Waals surface area contributed by atoms with Crippen LogP contribution in [0.25, 0.3) is 0 Å². The third-order valence-corrected chi connectivity index (χ3v) is 4.72. The molecule has 34 heavy (non-hydrogen) atoms. The lowest BCUT2D eigenvalue weighted by molar-refractivity contribution is -0.161. The molecule has 0 saturated carbocycles. The average Bonchev–Trinajstić information content (AvgIpc) is 2.73. The van der Waals surface area contributed by atoms with Crippen LogP contribution in [0.4, 0.5) is 8.78 Å². The van der Waals surface area contributed by atoms with Crippen molar-refractivity contribution in [3.05, 3.63) is 0 Å². The highest BCUT2D eigenvalue weighted by Gasteiger charge is 2.36. The fourth-order valence-electron chi connectivity index (χ4n) is 2.80. The number of hydrogen-bond acceptors (Lipinski definition) is 9. The largest absolute Gasteiger partial charge is 0.460 e. The third-order valence-electron chi connectivity index (χ3n) is 4.40. The molecule has 0 spiro atoms. The molecule has 3 N–H and O–H groups in total. The minimum Gasteiger partial charge on any atom is -0.460 e. The van der Waals surface area contributed by atoms with Crippen molar-refractivity contribution in [2.24, 2.45) is 5.92 Å². The first-order valence-electron chi connectivity index (χ1n) is 10.1. The number of rotatable bonds is 11. The molecule has 1 heterocycles. The van der Waals surface area contributed by atoms with Crippen LogP contribution in [0.5, 0.6) is 0 Å². The highest BCUT2D eigenvalue weighted by molar-refractivity contribution is 6.67. The Hall–Kier alpha value is -1.51. The molecule has 0 bridgehead atoms. The first-order chi connectivity index (χ1) is 15.7. The maximum absolute atomic E-state index is 13.0. The number of carbonyl (C=O) groups excluding carboxylic acids is 4. The van der Waals surface area contributed by atoms with Gasteiger partial charge in [-0.15, -0.1) is 5.48 Å². The molecular weight excluding hydrogens is 529 g/mol. The van der Waals surface area contributed by atoms with Gasteiger partial charge >= 0.3 is 18.6 Å². The summed E-state index contributed by atoms with van der Waals surface area (Å²) in [5.74, 6) is -3.56. The average molecular weight is 556 g/mol. The number of hydrogen-bond donors (Lipinski definition) is 3.